The zero-order valence-corrected chi connectivity index (χ0v) is 14.2. The maximum atomic E-state index is 11.4. The number of hydrogen-bond donors (Lipinski definition) is 3. The van der Waals surface area contributed by atoms with Crippen LogP contribution in [0.5, 0.6) is 0 Å². The number of rotatable bonds is 6. The SMILES string of the molecule is COC(c1ccccc1)C1(O)[C@H](SC)OC(CO)[C@@H](O)[C@@H]1N=[N+]=[N-]. The lowest BCUT2D eigenvalue weighted by Crippen LogP contribution is -2.67. The highest BCUT2D eigenvalue weighted by molar-refractivity contribution is 7.99. The summed E-state index contributed by atoms with van der Waals surface area (Å²) in [5, 5.41) is 34.9. The number of methoxy groups -OCH3 is 1. The Hall–Kier alpha value is -1.32. The lowest BCUT2D eigenvalue weighted by Gasteiger charge is -2.51. The Labute approximate surface area is 144 Å². The molecule has 0 amide bonds. The number of benzene rings is 1. The molecule has 8 nitrogen and oxygen atoms in total. The minimum Gasteiger partial charge on any atom is -0.394 e. The second-order valence-electron chi connectivity index (χ2n) is 5.48. The van der Waals surface area contributed by atoms with E-state index in [1.165, 1.54) is 18.9 Å². The lowest BCUT2D eigenvalue weighted by atomic mass is 9.79. The minimum absolute atomic E-state index is 0.464. The van der Waals surface area contributed by atoms with Crippen molar-refractivity contribution in [1.82, 2.24) is 0 Å². The predicted molar refractivity (Wildman–Crippen MR) is 89.3 cm³/mol. The van der Waals surface area contributed by atoms with E-state index in [2.05, 4.69) is 10.0 Å². The molecule has 1 aromatic rings. The molecule has 0 aromatic heterocycles. The molecule has 1 fully saturated rings. The number of hydrogen-bond acceptors (Lipinski definition) is 7. The predicted octanol–water partition coefficient (Wildman–Crippen LogP) is 1.23. The first-order valence-corrected chi connectivity index (χ1v) is 8.64. The van der Waals surface area contributed by atoms with Crippen molar-refractivity contribution in [3.05, 3.63) is 46.3 Å². The van der Waals surface area contributed by atoms with Crippen molar-refractivity contribution in [2.45, 2.75) is 35.4 Å². The average Bonchev–Trinajstić information content (AvgIpc) is 2.60. The van der Waals surface area contributed by atoms with Gasteiger partial charge < -0.3 is 24.8 Å². The van der Waals surface area contributed by atoms with Crippen molar-refractivity contribution in [3.8, 4) is 0 Å². The molecule has 0 spiro atoms. The van der Waals surface area contributed by atoms with Gasteiger partial charge in [0.1, 0.15) is 29.3 Å². The molecule has 3 N–H and O–H groups in total. The quantitative estimate of drug-likeness (QED) is 0.400. The van der Waals surface area contributed by atoms with Gasteiger partial charge in [-0.1, -0.05) is 35.4 Å². The van der Waals surface area contributed by atoms with Gasteiger partial charge in [-0.3, -0.25) is 0 Å². The van der Waals surface area contributed by atoms with Gasteiger partial charge in [0.15, 0.2) is 0 Å². The van der Waals surface area contributed by atoms with Gasteiger partial charge in [-0.25, -0.2) is 0 Å². The maximum absolute atomic E-state index is 11.4. The number of aliphatic hydroxyl groups excluding tert-OH is 2. The van der Waals surface area contributed by atoms with E-state index < -0.39 is 42.0 Å². The van der Waals surface area contributed by atoms with E-state index in [1.54, 1.807) is 30.5 Å². The molecule has 0 radical (unpaired) electrons. The van der Waals surface area contributed by atoms with E-state index in [0.717, 1.165) is 0 Å². The average molecular weight is 355 g/mol. The molecule has 132 valence electrons. The van der Waals surface area contributed by atoms with E-state index in [4.69, 9.17) is 15.0 Å². The Morgan fingerprint density at radius 3 is 2.62 bits per heavy atom. The van der Waals surface area contributed by atoms with Crippen LogP contribution in [0.4, 0.5) is 0 Å². The highest BCUT2D eigenvalue weighted by Gasteiger charge is 2.59. The van der Waals surface area contributed by atoms with Gasteiger partial charge in [-0.15, -0.1) is 11.8 Å². The third-order valence-corrected chi connectivity index (χ3v) is 5.10. The Morgan fingerprint density at radius 2 is 2.12 bits per heavy atom. The second kappa shape index (κ2) is 8.17. The molecule has 1 heterocycles. The van der Waals surface area contributed by atoms with Crippen LogP contribution in [0.1, 0.15) is 11.7 Å². The van der Waals surface area contributed by atoms with E-state index in [-0.39, 0.29) is 0 Å². The molecule has 1 saturated heterocycles. The van der Waals surface area contributed by atoms with Gasteiger partial charge in [0.25, 0.3) is 0 Å². The van der Waals surface area contributed by atoms with Crippen molar-refractivity contribution < 1.29 is 24.8 Å². The maximum Gasteiger partial charge on any atom is 0.141 e. The fourth-order valence-corrected chi connectivity index (χ4v) is 3.97. The number of azide groups is 1. The van der Waals surface area contributed by atoms with Crippen LogP contribution in [0.25, 0.3) is 10.4 Å². The van der Waals surface area contributed by atoms with Crippen LogP contribution in [0.3, 0.4) is 0 Å². The summed E-state index contributed by atoms with van der Waals surface area (Å²) in [4.78, 5) is 2.76. The van der Waals surface area contributed by atoms with Gasteiger partial charge in [0.2, 0.25) is 0 Å². The summed E-state index contributed by atoms with van der Waals surface area (Å²) in [7, 11) is 1.42. The zero-order valence-electron chi connectivity index (χ0n) is 13.4. The van der Waals surface area contributed by atoms with Gasteiger partial charge >= 0.3 is 0 Å². The third-order valence-electron chi connectivity index (χ3n) is 4.18. The van der Waals surface area contributed by atoms with E-state index in [9.17, 15) is 15.3 Å². The Kier molecular flexibility index (Phi) is 6.47. The fourth-order valence-electron chi connectivity index (χ4n) is 3.07. The van der Waals surface area contributed by atoms with Crippen LogP contribution < -0.4 is 0 Å². The molecule has 0 saturated carbocycles. The summed E-state index contributed by atoms with van der Waals surface area (Å²) in [5.41, 5.74) is 6.84. The number of nitrogens with zero attached hydrogens (tertiary/aromatic N) is 3. The highest BCUT2D eigenvalue weighted by Crippen LogP contribution is 2.45. The van der Waals surface area contributed by atoms with E-state index in [1.807, 2.05) is 6.07 Å². The molecule has 9 heteroatoms. The second-order valence-corrected chi connectivity index (χ2v) is 6.38. The van der Waals surface area contributed by atoms with Crippen molar-refractivity contribution in [2.24, 2.45) is 5.11 Å². The Bertz CT molecular complexity index is 586. The van der Waals surface area contributed by atoms with E-state index in [0.29, 0.717) is 5.56 Å². The Balaban J connectivity index is 2.55. The van der Waals surface area contributed by atoms with Gasteiger partial charge in [0, 0.05) is 12.0 Å². The summed E-state index contributed by atoms with van der Waals surface area (Å²) in [6.45, 7) is -0.464. The molecule has 1 aliphatic rings. The smallest absolute Gasteiger partial charge is 0.141 e. The number of aliphatic hydroxyl groups is 3. The largest absolute Gasteiger partial charge is 0.394 e. The highest BCUT2D eigenvalue weighted by atomic mass is 32.2. The van der Waals surface area contributed by atoms with Crippen LogP contribution in [-0.4, -0.2) is 64.6 Å². The molecule has 2 rings (SSSR count). The molecule has 0 aliphatic carbocycles. The topological polar surface area (TPSA) is 128 Å². The monoisotopic (exact) mass is 355 g/mol. The van der Waals surface area contributed by atoms with Crippen LogP contribution in [-0.2, 0) is 9.47 Å². The standard InChI is InChI=1S/C15H21N3O5S/c1-22-13(9-6-4-3-5-7-9)15(21)12(17-18-16)11(20)10(8-19)23-14(15)24-2/h3-7,10-14,19-21H,8H2,1-2H3/t10?,11-,12+,13?,14+,15?/m1/s1. The first-order chi connectivity index (χ1) is 11.5. The van der Waals surface area contributed by atoms with Crippen molar-refractivity contribution in [2.75, 3.05) is 20.0 Å². The molecule has 1 aromatic carbocycles. The summed E-state index contributed by atoms with van der Waals surface area (Å²) < 4.78 is 11.1. The molecule has 3 unspecified atom stereocenters. The summed E-state index contributed by atoms with van der Waals surface area (Å²) in [6, 6.07) is 7.68. The summed E-state index contributed by atoms with van der Waals surface area (Å²) in [5.74, 6) is 0. The molecule has 1 aliphatic heterocycles. The van der Waals surface area contributed by atoms with E-state index >= 15 is 0 Å². The first-order valence-electron chi connectivity index (χ1n) is 7.36. The molecular formula is C15H21N3O5S. The van der Waals surface area contributed by atoms with Crippen LogP contribution >= 0.6 is 11.8 Å². The molecular weight excluding hydrogens is 334 g/mol. The summed E-state index contributed by atoms with van der Waals surface area (Å²) in [6.07, 6.45) is -1.53. The van der Waals surface area contributed by atoms with Crippen LogP contribution in [0.15, 0.2) is 35.4 Å². The summed E-state index contributed by atoms with van der Waals surface area (Å²) >= 11 is 1.18. The number of ether oxygens (including phenoxy) is 2. The van der Waals surface area contributed by atoms with Crippen LogP contribution in [0, 0.1) is 0 Å². The van der Waals surface area contributed by atoms with Crippen molar-refractivity contribution in [1.29, 1.82) is 0 Å². The van der Waals surface area contributed by atoms with Gasteiger partial charge in [-0.05, 0) is 17.4 Å². The van der Waals surface area contributed by atoms with Crippen molar-refractivity contribution >= 4 is 11.8 Å². The molecule has 24 heavy (non-hydrogen) atoms. The molecule has 0 bridgehead atoms. The third kappa shape index (κ3) is 3.25. The van der Waals surface area contributed by atoms with Gasteiger partial charge in [0.05, 0.1) is 12.7 Å². The number of thioether (sulfide) groups is 1. The van der Waals surface area contributed by atoms with Crippen LogP contribution in [0.2, 0.25) is 0 Å². The fraction of sp³-hybridized carbons (Fsp3) is 0.600. The zero-order chi connectivity index (χ0) is 17.7. The van der Waals surface area contributed by atoms with Gasteiger partial charge in [-0.2, -0.15) is 0 Å². The molecule has 6 atom stereocenters. The van der Waals surface area contributed by atoms with Crippen molar-refractivity contribution in [3.63, 3.8) is 0 Å². The normalized spacial score (nSPS) is 34.4. The minimum atomic E-state index is -1.83. The Morgan fingerprint density at radius 1 is 1.46 bits per heavy atom. The lowest BCUT2D eigenvalue weighted by molar-refractivity contribution is -0.241. The first kappa shape index (κ1) is 19.0.